The van der Waals surface area contributed by atoms with Crippen LogP contribution in [0.2, 0.25) is 0 Å². The first-order valence-corrected chi connectivity index (χ1v) is 7.63. The van der Waals surface area contributed by atoms with Gasteiger partial charge in [-0.15, -0.1) is 0 Å². The fraction of sp³-hybridized carbons (Fsp3) is 0.471. The van der Waals surface area contributed by atoms with Crippen molar-refractivity contribution in [1.29, 1.82) is 0 Å². The summed E-state index contributed by atoms with van der Waals surface area (Å²) in [6, 6.07) is 9.44. The van der Waals surface area contributed by atoms with E-state index >= 15 is 0 Å². The number of carbonyl (C=O) groups excluding carboxylic acids is 1. The van der Waals surface area contributed by atoms with Gasteiger partial charge in [0.15, 0.2) is 5.76 Å². The van der Waals surface area contributed by atoms with Gasteiger partial charge in [0.05, 0.1) is 5.54 Å². The van der Waals surface area contributed by atoms with Crippen molar-refractivity contribution in [2.24, 2.45) is 11.7 Å². The summed E-state index contributed by atoms with van der Waals surface area (Å²) >= 11 is 0. The third kappa shape index (κ3) is 2.81. The molecule has 0 atom stereocenters. The van der Waals surface area contributed by atoms with Crippen molar-refractivity contribution < 1.29 is 9.21 Å². The van der Waals surface area contributed by atoms with E-state index in [-0.39, 0.29) is 11.4 Å². The van der Waals surface area contributed by atoms with Crippen molar-refractivity contribution in [3.63, 3.8) is 0 Å². The zero-order valence-corrected chi connectivity index (χ0v) is 12.4. The first-order chi connectivity index (χ1) is 10.1. The summed E-state index contributed by atoms with van der Waals surface area (Å²) in [6.45, 7) is 2.73. The molecule has 1 amide bonds. The van der Waals surface area contributed by atoms with Gasteiger partial charge in [0.2, 0.25) is 0 Å². The average Bonchev–Trinajstić information content (AvgIpc) is 2.94. The normalized spacial score (nSPS) is 25.9. The van der Waals surface area contributed by atoms with Gasteiger partial charge in [-0.2, -0.15) is 0 Å². The molecule has 1 aromatic heterocycles. The van der Waals surface area contributed by atoms with E-state index in [9.17, 15) is 4.79 Å². The Morgan fingerprint density at radius 2 is 2.10 bits per heavy atom. The molecule has 3 rings (SSSR count). The lowest BCUT2D eigenvalue weighted by Gasteiger charge is -2.39. The Labute approximate surface area is 124 Å². The maximum absolute atomic E-state index is 12.5. The first-order valence-electron chi connectivity index (χ1n) is 7.63. The van der Waals surface area contributed by atoms with Gasteiger partial charge in [0.25, 0.3) is 5.91 Å². The van der Waals surface area contributed by atoms with E-state index in [4.69, 9.17) is 10.2 Å². The van der Waals surface area contributed by atoms with Crippen LogP contribution in [-0.2, 0) is 0 Å². The van der Waals surface area contributed by atoms with Gasteiger partial charge >= 0.3 is 0 Å². The molecule has 1 aromatic carbocycles. The summed E-state index contributed by atoms with van der Waals surface area (Å²) in [5, 5.41) is 4.07. The molecule has 3 N–H and O–H groups in total. The predicted molar refractivity (Wildman–Crippen MR) is 83.1 cm³/mol. The number of para-hydroxylation sites is 1. The number of rotatable bonds is 3. The molecule has 0 radical (unpaired) electrons. The van der Waals surface area contributed by atoms with Gasteiger partial charge in [0, 0.05) is 11.9 Å². The molecular formula is C17H22N2O2. The highest BCUT2D eigenvalue weighted by atomic mass is 16.3. The van der Waals surface area contributed by atoms with Crippen LogP contribution in [0.1, 0.15) is 43.2 Å². The molecule has 0 saturated heterocycles. The second-order valence-electron chi connectivity index (χ2n) is 6.27. The summed E-state index contributed by atoms with van der Waals surface area (Å²) in [7, 11) is 0. The van der Waals surface area contributed by atoms with Gasteiger partial charge < -0.3 is 15.5 Å². The van der Waals surface area contributed by atoms with Gasteiger partial charge in [-0.05, 0) is 43.7 Å². The number of hydrogen-bond donors (Lipinski definition) is 2. The number of fused-ring (bicyclic) bond motifs is 1. The average molecular weight is 286 g/mol. The minimum absolute atomic E-state index is 0.161. The maximum Gasteiger partial charge on any atom is 0.287 e. The molecule has 1 fully saturated rings. The summed E-state index contributed by atoms with van der Waals surface area (Å²) in [5.41, 5.74) is 6.40. The van der Waals surface area contributed by atoms with E-state index in [1.54, 1.807) is 6.07 Å². The first kappa shape index (κ1) is 14.1. The molecule has 4 nitrogen and oxygen atoms in total. The fourth-order valence-electron chi connectivity index (χ4n) is 3.09. The number of hydrogen-bond acceptors (Lipinski definition) is 3. The summed E-state index contributed by atoms with van der Waals surface area (Å²) in [5.74, 6) is 0.918. The molecule has 0 spiro atoms. The van der Waals surface area contributed by atoms with Crippen LogP contribution >= 0.6 is 0 Å². The van der Waals surface area contributed by atoms with E-state index < -0.39 is 0 Å². The molecule has 1 aliphatic carbocycles. The SMILES string of the molecule is CC1CCC(CN)(NC(=O)c2cc3ccccc3o2)CC1. The molecule has 21 heavy (non-hydrogen) atoms. The van der Waals surface area contributed by atoms with Crippen LogP contribution in [0.15, 0.2) is 34.7 Å². The van der Waals surface area contributed by atoms with Crippen LogP contribution in [0.3, 0.4) is 0 Å². The van der Waals surface area contributed by atoms with Crippen molar-refractivity contribution >= 4 is 16.9 Å². The topological polar surface area (TPSA) is 68.3 Å². The second kappa shape index (κ2) is 5.53. The van der Waals surface area contributed by atoms with Crippen LogP contribution in [0.5, 0.6) is 0 Å². The Bertz CT molecular complexity index is 606. The monoisotopic (exact) mass is 286 g/mol. The van der Waals surface area contributed by atoms with Crippen molar-refractivity contribution in [3.8, 4) is 0 Å². The molecule has 0 unspecified atom stereocenters. The number of nitrogens with two attached hydrogens (primary N) is 1. The highest BCUT2D eigenvalue weighted by molar-refractivity contribution is 5.96. The molecule has 4 heteroatoms. The van der Waals surface area contributed by atoms with Crippen LogP contribution < -0.4 is 11.1 Å². The van der Waals surface area contributed by atoms with Crippen LogP contribution in [0, 0.1) is 5.92 Å². The molecular weight excluding hydrogens is 264 g/mol. The smallest absolute Gasteiger partial charge is 0.287 e. The lowest BCUT2D eigenvalue weighted by Crippen LogP contribution is -2.55. The third-order valence-electron chi connectivity index (χ3n) is 4.65. The Morgan fingerprint density at radius 3 is 2.76 bits per heavy atom. The Hall–Kier alpha value is -1.81. The van der Waals surface area contributed by atoms with E-state index in [0.29, 0.717) is 18.2 Å². The molecule has 1 aliphatic rings. The zero-order valence-electron chi connectivity index (χ0n) is 12.4. The largest absolute Gasteiger partial charge is 0.451 e. The zero-order chi connectivity index (χ0) is 14.9. The minimum atomic E-state index is -0.275. The Balaban J connectivity index is 1.78. The fourth-order valence-corrected chi connectivity index (χ4v) is 3.09. The quantitative estimate of drug-likeness (QED) is 0.911. The summed E-state index contributed by atoms with van der Waals surface area (Å²) < 4.78 is 5.63. The van der Waals surface area contributed by atoms with Crippen LogP contribution in [0.25, 0.3) is 11.0 Å². The lowest BCUT2D eigenvalue weighted by atomic mass is 9.77. The molecule has 0 aliphatic heterocycles. The molecule has 112 valence electrons. The standard InChI is InChI=1S/C17H22N2O2/c1-12-6-8-17(11-18,9-7-12)19-16(20)15-10-13-4-2-3-5-14(13)21-15/h2-5,10,12H,6-9,11,18H2,1H3,(H,19,20). The number of furan rings is 1. The van der Waals surface area contributed by atoms with Gasteiger partial charge in [-0.1, -0.05) is 25.1 Å². The van der Waals surface area contributed by atoms with E-state index in [0.717, 1.165) is 36.7 Å². The third-order valence-corrected chi connectivity index (χ3v) is 4.65. The van der Waals surface area contributed by atoms with Crippen molar-refractivity contribution in [2.75, 3.05) is 6.54 Å². The Kier molecular flexibility index (Phi) is 3.72. The number of benzene rings is 1. The maximum atomic E-state index is 12.5. The van der Waals surface area contributed by atoms with E-state index in [1.165, 1.54) is 0 Å². The van der Waals surface area contributed by atoms with E-state index in [1.807, 2.05) is 24.3 Å². The van der Waals surface area contributed by atoms with Crippen LogP contribution in [-0.4, -0.2) is 18.0 Å². The minimum Gasteiger partial charge on any atom is -0.451 e. The summed E-state index contributed by atoms with van der Waals surface area (Å²) in [4.78, 5) is 12.5. The Morgan fingerprint density at radius 1 is 1.38 bits per heavy atom. The second-order valence-corrected chi connectivity index (χ2v) is 6.27. The van der Waals surface area contributed by atoms with Gasteiger partial charge in [0.1, 0.15) is 5.58 Å². The highest BCUT2D eigenvalue weighted by Gasteiger charge is 2.35. The van der Waals surface area contributed by atoms with Gasteiger partial charge in [-0.3, -0.25) is 4.79 Å². The molecule has 1 heterocycles. The van der Waals surface area contributed by atoms with Crippen molar-refractivity contribution in [1.82, 2.24) is 5.32 Å². The molecule has 1 saturated carbocycles. The molecule has 0 bridgehead atoms. The summed E-state index contributed by atoms with van der Waals surface area (Å²) in [6.07, 6.45) is 4.10. The van der Waals surface area contributed by atoms with E-state index in [2.05, 4.69) is 12.2 Å². The van der Waals surface area contributed by atoms with Crippen molar-refractivity contribution in [3.05, 3.63) is 36.1 Å². The predicted octanol–water partition coefficient (Wildman–Crippen LogP) is 3.07. The highest BCUT2D eigenvalue weighted by Crippen LogP contribution is 2.31. The molecule has 2 aromatic rings. The number of amides is 1. The number of nitrogens with one attached hydrogen (secondary N) is 1. The van der Waals surface area contributed by atoms with Gasteiger partial charge in [-0.25, -0.2) is 0 Å². The number of carbonyl (C=O) groups is 1. The van der Waals surface area contributed by atoms with Crippen molar-refractivity contribution in [2.45, 2.75) is 38.1 Å². The lowest BCUT2D eigenvalue weighted by molar-refractivity contribution is 0.0833. The van der Waals surface area contributed by atoms with Crippen LogP contribution in [0.4, 0.5) is 0 Å².